The maximum atomic E-state index is 13.9. The van der Waals surface area contributed by atoms with Gasteiger partial charge in [-0.3, -0.25) is 4.98 Å². The van der Waals surface area contributed by atoms with Crippen LogP contribution in [0.2, 0.25) is 0 Å². The monoisotopic (exact) mass is 256 g/mol. The molecule has 0 amide bonds. The zero-order chi connectivity index (χ0) is 13.2. The van der Waals surface area contributed by atoms with Gasteiger partial charge in [0.1, 0.15) is 5.82 Å². The summed E-state index contributed by atoms with van der Waals surface area (Å²) in [6.45, 7) is 0. The Morgan fingerprint density at radius 3 is 2.89 bits per heavy atom. The van der Waals surface area contributed by atoms with Gasteiger partial charge in [-0.25, -0.2) is 8.91 Å². The summed E-state index contributed by atoms with van der Waals surface area (Å²) in [4.78, 5) is 3.78. The lowest BCUT2D eigenvalue weighted by atomic mass is 10.0. The van der Waals surface area contributed by atoms with Crippen molar-refractivity contribution in [3.63, 3.8) is 0 Å². The SMILES string of the molecule is CNC(c1ccncc1F)c1cnn2ccccc12. The van der Waals surface area contributed by atoms with Crippen LogP contribution in [0.25, 0.3) is 5.52 Å². The normalized spacial score (nSPS) is 12.7. The summed E-state index contributed by atoms with van der Waals surface area (Å²) in [5, 5.41) is 7.41. The van der Waals surface area contributed by atoms with Gasteiger partial charge in [-0.15, -0.1) is 0 Å². The Morgan fingerprint density at radius 1 is 1.21 bits per heavy atom. The maximum absolute atomic E-state index is 13.9. The van der Waals surface area contributed by atoms with Gasteiger partial charge in [0.05, 0.1) is 24.0 Å². The van der Waals surface area contributed by atoms with Crippen molar-refractivity contribution in [3.05, 3.63) is 66.0 Å². The van der Waals surface area contributed by atoms with Crippen molar-refractivity contribution in [3.8, 4) is 0 Å². The first-order valence-electron chi connectivity index (χ1n) is 6.00. The van der Waals surface area contributed by atoms with Crippen LogP contribution in [0.5, 0.6) is 0 Å². The van der Waals surface area contributed by atoms with Gasteiger partial charge in [0.15, 0.2) is 0 Å². The Balaban J connectivity index is 2.15. The summed E-state index contributed by atoms with van der Waals surface area (Å²) < 4.78 is 15.7. The molecule has 0 radical (unpaired) electrons. The molecule has 3 aromatic heterocycles. The molecule has 1 N–H and O–H groups in total. The molecular formula is C14H13FN4. The smallest absolute Gasteiger partial charge is 0.146 e. The summed E-state index contributed by atoms with van der Waals surface area (Å²) in [6, 6.07) is 7.25. The predicted octanol–water partition coefficient (Wildman–Crippen LogP) is 2.18. The quantitative estimate of drug-likeness (QED) is 0.781. The third-order valence-electron chi connectivity index (χ3n) is 3.17. The molecule has 1 unspecified atom stereocenters. The number of rotatable bonds is 3. The summed E-state index contributed by atoms with van der Waals surface area (Å²) >= 11 is 0. The fourth-order valence-corrected chi connectivity index (χ4v) is 2.28. The second-order valence-corrected chi connectivity index (χ2v) is 4.25. The van der Waals surface area contributed by atoms with Gasteiger partial charge in [0.2, 0.25) is 0 Å². The number of halogens is 1. The van der Waals surface area contributed by atoms with E-state index in [0.717, 1.165) is 11.1 Å². The highest BCUT2D eigenvalue weighted by molar-refractivity contribution is 5.57. The van der Waals surface area contributed by atoms with E-state index >= 15 is 0 Å². The van der Waals surface area contributed by atoms with E-state index in [-0.39, 0.29) is 11.9 Å². The van der Waals surface area contributed by atoms with Gasteiger partial charge in [-0.2, -0.15) is 5.10 Å². The second kappa shape index (κ2) is 4.78. The molecule has 4 nitrogen and oxygen atoms in total. The van der Waals surface area contributed by atoms with Crippen molar-refractivity contribution in [1.29, 1.82) is 0 Å². The molecule has 1 atom stereocenters. The molecule has 0 fully saturated rings. The Labute approximate surface area is 109 Å². The molecule has 0 saturated carbocycles. The average Bonchev–Trinajstić information content (AvgIpc) is 2.86. The van der Waals surface area contributed by atoms with Crippen LogP contribution in [0, 0.1) is 5.82 Å². The van der Waals surface area contributed by atoms with E-state index in [9.17, 15) is 4.39 Å². The topological polar surface area (TPSA) is 42.2 Å². The number of aromatic nitrogens is 3. The van der Waals surface area contributed by atoms with Crippen LogP contribution in [-0.2, 0) is 0 Å². The van der Waals surface area contributed by atoms with Crippen LogP contribution in [0.4, 0.5) is 4.39 Å². The summed E-state index contributed by atoms with van der Waals surface area (Å²) in [5.41, 5.74) is 2.46. The number of hydrogen-bond acceptors (Lipinski definition) is 3. The molecule has 96 valence electrons. The number of fused-ring (bicyclic) bond motifs is 1. The second-order valence-electron chi connectivity index (χ2n) is 4.25. The largest absolute Gasteiger partial charge is 0.309 e. The molecule has 3 aromatic rings. The first-order chi connectivity index (χ1) is 9.31. The van der Waals surface area contributed by atoms with Crippen LogP contribution in [0.3, 0.4) is 0 Å². The Bertz CT molecular complexity index is 707. The van der Waals surface area contributed by atoms with Gasteiger partial charge in [0, 0.05) is 23.5 Å². The lowest BCUT2D eigenvalue weighted by molar-refractivity contribution is 0.572. The minimum absolute atomic E-state index is 0.247. The maximum Gasteiger partial charge on any atom is 0.146 e. The van der Waals surface area contributed by atoms with Crippen LogP contribution >= 0.6 is 0 Å². The van der Waals surface area contributed by atoms with Crippen molar-refractivity contribution < 1.29 is 4.39 Å². The van der Waals surface area contributed by atoms with E-state index in [1.807, 2.05) is 24.4 Å². The molecule has 3 rings (SSSR count). The van der Waals surface area contributed by atoms with Crippen LogP contribution in [-0.4, -0.2) is 21.6 Å². The van der Waals surface area contributed by atoms with Crippen molar-refractivity contribution >= 4 is 5.52 Å². The average molecular weight is 256 g/mol. The van der Waals surface area contributed by atoms with E-state index < -0.39 is 0 Å². The van der Waals surface area contributed by atoms with Crippen molar-refractivity contribution in [2.24, 2.45) is 0 Å². The van der Waals surface area contributed by atoms with Crippen molar-refractivity contribution in [2.45, 2.75) is 6.04 Å². The minimum Gasteiger partial charge on any atom is -0.309 e. The van der Waals surface area contributed by atoms with E-state index in [1.165, 1.54) is 6.20 Å². The zero-order valence-corrected chi connectivity index (χ0v) is 10.4. The van der Waals surface area contributed by atoms with Gasteiger partial charge < -0.3 is 5.32 Å². The molecule has 0 bridgehead atoms. The van der Waals surface area contributed by atoms with Gasteiger partial charge in [-0.1, -0.05) is 6.07 Å². The van der Waals surface area contributed by atoms with Crippen LogP contribution in [0.15, 0.2) is 49.1 Å². The standard InChI is InChI=1S/C14H13FN4/c1-16-14(10-5-6-17-9-12(10)15)11-8-18-19-7-3-2-4-13(11)19/h2-9,14,16H,1H3. The highest BCUT2D eigenvalue weighted by Crippen LogP contribution is 2.26. The first kappa shape index (κ1) is 11.8. The first-order valence-corrected chi connectivity index (χ1v) is 6.00. The minimum atomic E-state index is -0.322. The van der Waals surface area contributed by atoms with Crippen molar-refractivity contribution in [2.75, 3.05) is 7.05 Å². The fraction of sp³-hybridized carbons (Fsp3) is 0.143. The summed E-state index contributed by atoms with van der Waals surface area (Å²) in [7, 11) is 1.80. The molecular weight excluding hydrogens is 243 g/mol. The lowest BCUT2D eigenvalue weighted by Gasteiger charge is -2.16. The van der Waals surface area contributed by atoms with Crippen molar-refractivity contribution in [1.82, 2.24) is 19.9 Å². The third-order valence-corrected chi connectivity index (χ3v) is 3.17. The summed E-state index contributed by atoms with van der Waals surface area (Å²) in [6.07, 6.45) is 6.45. The molecule has 19 heavy (non-hydrogen) atoms. The van der Waals surface area contributed by atoms with E-state index in [0.29, 0.717) is 5.56 Å². The number of nitrogens with zero attached hydrogens (tertiary/aromatic N) is 3. The van der Waals surface area contributed by atoms with Gasteiger partial charge in [0.25, 0.3) is 0 Å². The molecule has 5 heteroatoms. The molecule has 0 saturated heterocycles. The highest BCUT2D eigenvalue weighted by atomic mass is 19.1. The molecule has 0 aliphatic rings. The van der Waals surface area contributed by atoms with E-state index in [2.05, 4.69) is 15.4 Å². The molecule has 3 heterocycles. The van der Waals surface area contributed by atoms with Crippen LogP contribution in [0.1, 0.15) is 17.2 Å². The predicted molar refractivity (Wildman–Crippen MR) is 70.3 cm³/mol. The number of hydrogen-bond donors (Lipinski definition) is 1. The molecule has 0 aliphatic heterocycles. The van der Waals surface area contributed by atoms with Gasteiger partial charge in [-0.05, 0) is 25.2 Å². The molecule has 0 aliphatic carbocycles. The zero-order valence-electron chi connectivity index (χ0n) is 10.4. The number of nitrogens with one attached hydrogen (secondary N) is 1. The van der Waals surface area contributed by atoms with E-state index in [4.69, 9.17) is 0 Å². The van der Waals surface area contributed by atoms with E-state index in [1.54, 1.807) is 30.0 Å². The third kappa shape index (κ3) is 1.98. The number of pyridine rings is 2. The Kier molecular flexibility index (Phi) is 2.97. The van der Waals surface area contributed by atoms with Gasteiger partial charge >= 0.3 is 0 Å². The van der Waals surface area contributed by atoms with Crippen LogP contribution < -0.4 is 5.32 Å². The fourth-order valence-electron chi connectivity index (χ4n) is 2.28. The highest BCUT2D eigenvalue weighted by Gasteiger charge is 2.19. The summed E-state index contributed by atoms with van der Waals surface area (Å²) in [5.74, 6) is -0.322. The molecule has 0 spiro atoms. The Morgan fingerprint density at radius 2 is 2.11 bits per heavy atom. The lowest BCUT2D eigenvalue weighted by Crippen LogP contribution is -2.18. The Hall–Kier alpha value is -2.27. The molecule has 0 aromatic carbocycles.